The third-order valence-electron chi connectivity index (χ3n) is 4.21. The van der Waals surface area contributed by atoms with E-state index < -0.39 is 0 Å². The number of aromatic nitrogens is 3. The monoisotopic (exact) mass is 339 g/mol. The van der Waals surface area contributed by atoms with Gasteiger partial charge in [0.2, 0.25) is 0 Å². The smallest absolute Gasteiger partial charge is 0.257 e. The molecule has 0 radical (unpaired) electrons. The van der Waals surface area contributed by atoms with Gasteiger partial charge in [-0.05, 0) is 37.1 Å². The molecule has 0 spiro atoms. The molecule has 1 N–H and O–H groups in total. The number of nitrogens with one attached hydrogen (secondary N) is 1. The van der Waals surface area contributed by atoms with Crippen LogP contribution in [0.25, 0.3) is 0 Å². The maximum Gasteiger partial charge on any atom is 0.257 e. The van der Waals surface area contributed by atoms with Crippen molar-refractivity contribution in [2.24, 2.45) is 0 Å². The number of fused-ring (bicyclic) bond motifs is 1. The molecule has 7 nitrogen and oxygen atoms in total. The van der Waals surface area contributed by atoms with Gasteiger partial charge in [-0.25, -0.2) is 0 Å². The fourth-order valence-electron chi connectivity index (χ4n) is 2.87. The maximum atomic E-state index is 11.9. The summed E-state index contributed by atoms with van der Waals surface area (Å²) in [6.45, 7) is 1.42. The summed E-state index contributed by atoms with van der Waals surface area (Å²) in [6, 6.07) is 8.71. The van der Waals surface area contributed by atoms with Gasteiger partial charge in [-0.2, -0.15) is 5.26 Å². The van der Waals surface area contributed by atoms with Gasteiger partial charge in [0.25, 0.3) is 5.91 Å². The Morgan fingerprint density at radius 3 is 2.88 bits per heavy atom. The minimum absolute atomic E-state index is 0.0517. The summed E-state index contributed by atoms with van der Waals surface area (Å²) >= 11 is 0. The normalized spacial score (nSPS) is 13.4. The summed E-state index contributed by atoms with van der Waals surface area (Å²) in [7, 11) is 0. The Morgan fingerprint density at radius 2 is 2.08 bits per heavy atom. The third kappa shape index (κ3) is 4.57. The molecule has 130 valence electrons. The summed E-state index contributed by atoms with van der Waals surface area (Å²) in [5.41, 5.74) is 0.559. The van der Waals surface area contributed by atoms with Gasteiger partial charge in [0.15, 0.2) is 6.61 Å². The molecule has 1 aliphatic heterocycles. The number of rotatable bonds is 6. The lowest BCUT2D eigenvalue weighted by atomic mass is 10.2. The highest BCUT2D eigenvalue weighted by Gasteiger charge is 2.14. The van der Waals surface area contributed by atoms with Gasteiger partial charge in [-0.1, -0.05) is 6.42 Å². The summed E-state index contributed by atoms with van der Waals surface area (Å²) in [5.74, 6) is 2.38. The van der Waals surface area contributed by atoms with Gasteiger partial charge in [0, 0.05) is 25.9 Å². The van der Waals surface area contributed by atoms with Gasteiger partial charge in [0.05, 0.1) is 11.6 Å². The zero-order valence-corrected chi connectivity index (χ0v) is 14.1. The van der Waals surface area contributed by atoms with Gasteiger partial charge in [-0.15, -0.1) is 10.2 Å². The SMILES string of the molecule is N#Cc1ccc(OCC(=O)NCCc2nnc3n2CCCCC3)cc1. The first-order valence-electron chi connectivity index (χ1n) is 8.57. The Hall–Kier alpha value is -2.88. The topological polar surface area (TPSA) is 92.8 Å². The first kappa shape index (κ1) is 17.0. The second-order valence-corrected chi connectivity index (χ2v) is 6.02. The van der Waals surface area contributed by atoms with Crippen LogP contribution in [0.2, 0.25) is 0 Å². The molecule has 0 saturated carbocycles. The number of hydrogen-bond acceptors (Lipinski definition) is 5. The maximum absolute atomic E-state index is 11.9. The first-order valence-corrected chi connectivity index (χ1v) is 8.57. The van der Waals surface area contributed by atoms with E-state index in [0.29, 0.717) is 24.3 Å². The van der Waals surface area contributed by atoms with Crippen molar-refractivity contribution in [1.29, 1.82) is 5.26 Å². The van der Waals surface area contributed by atoms with Crippen molar-refractivity contribution < 1.29 is 9.53 Å². The Bertz CT molecular complexity index is 761. The third-order valence-corrected chi connectivity index (χ3v) is 4.21. The molecule has 0 unspecified atom stereocenters. The lowest BCUT2D eigenvalue weighted by Crippen LogP contribution is -2.31. The van der Waals surface area contributed by atoms with Crippen LogP contribution < -0.4 is 10.1 Å². The standard InChI is InChI=1S/C18H21N5O2/c19-12-14-5-7-15(8-6-14)25-13-18(24)20-10-9-17-22-21-16-4-2-1-3-11-23(16)17/h5-8H,1-4,9-11,13H2,(H,20,24). The lowest BCUT2D eigenvalue weighted by molar-refractivity contribution is -0.123. The van der Waals surface area contributed by atoms with Gasteiger partial charge >= 0.3 is 0 Å². The van der Waals surface area contributed by atoms with Gasteiger partial charge in [-0.3, -0.25) is 4.79 Å². The largest absolute Gasteiger partial charge is 0.484 e. The fraction of sp³-hybridized carbons (Fsp3) is 0.444. The Morgan fingerprint density at radius 1 is 1.24 bits per heavy atom. The van der Waals surface area contributed by atoms with E-state index in [4.69, 9.17) is 10.00 Å². The van der Waals surface area contributed by atoms with Crippen molar-refractivity contribution in [3.63, 3.8) is 0 Å². The highest BCUT2D eigenvalue weighted by Crippen LogP contribution is 2.14. The summed E-state index contributed by atoms with van der Waals surface area (Å²) in [6.07, 6.45) is 5.20. The predicted octanol–water partition coefficient (Wildman–Crippen LogP) is 1.61. The summed E-state index contributed by atoms with van der Waals surface area (Å²) in [5, 5.41) is 20.1. The number of aryl methyl sites for hydroxylation is 1. The van der Waals surface area contributed by atoms with E-state index >= 15 is 0 Å². The number of nitrogens with zero attached hydrogens (tertiary/aromatic N) is 4. The number of benzene rings is 1. The number of carbonyl (C=O) groups excluding carboxylic acids is 1. The van der Waals surface area contributed by atoms with E-state index in [1.165, 1.54) is 12.8 Å². The van der Waals surface area contributed by atoms with Crippen molar-refractivity contribution >= 4 is 5.91 Å². The van der Waals surface area contributed by atoms with E-state index in [1.54, 1.807) is 24.3 Å². The molecule has 2 heterocycles. The Labute approximate surface area is 146 Å². The Balaban J connectivity index is 1.42. The zero-order valence-electron chi connectivity index (χ0n) is 14.1. The predicted molar refractivity (Wildman–Crippen MR) is 90.9 cm³/mol. The van der Waals surface area contributed by atoms with Gasteiger partial charge < -0.3 is 14.6 Å². The molecular weight excluding hydrogens is 318 g/mol. The molecule has 1 aromatic carbocycles. The van der Waals surface area contributed by atoms with Crippen molar-refractivity contribution in [2.75, 3.05) is 13.2 Å². The van der Waals surface area contributed by atoms with Crippen LogP contribution in [-0.2, 0) is 24.2 Å². The number of amides is 1. The van der Waals surface area contributed by atoms with Crippen LogP contribution in [0.15, 0.2) is 24.3 Å². The molecule has 2 aromatic rings. The van der Waals surface area contributed by atoms with Crippen LogP contribution in [0, 0.1) is 11.3 Å². The van der Waals surface area contributed by atoms with Crippen LogP contribution in [0.5, 0.6) is 5.75 Å². The molecule has 1 aliphatic rings. The average molecular weight is 339 g/mol. The quantitative estimate of drug-likeness (QED) is 0.863. The van der Waals surface area contributed by atoms with Crippen LogP contribution in [0.1, 0.15) is 36.5 Å². The summed E-state index contributed by atoms with van der Waals surface area (Å²) in [4.78, 5) is 11.9. The molecule has 0 bridgehead atoms. The highest BCUT2D eigenvalue weighted by atomic mass is 16.5. The minimum atomic E-state index is -0.181. The Kier molecular flexibility index (Phi) is 5.62. The second-order valence-electron chi connectivity index (χ2n) is 6.02. The van der Waals surface area contributed by atoms with Crippen molar-refractivity contribution in [1.82, 2.24) is 20.1 Å². The van der Waals surface area contributed by atoms with Crippen molar-refractivity contribution in [3.05, 3.63) is 41.5 Å². The van der Waals surface area contributed by atoms with Crippen LogP contribution in [0.3, 0.4) is 0 Å². The number of hydrogen-bond donors (Lipinski definition) is 1. The number of carbonyl (C=O) groups is 1. The van der Waals surface area contributed by atoms with Gasteiger partial charge in [0.1, 0.15) is 17.4 Å². The molecule has 7 heteroatoms. The van der Waals surface area contributed by atoms with E-state index in [9.17, 15) is 4.79 Å². The van der Waals surface area contributed by atoms with Crippen molar-refractivity contribution in [2.45, 2.75) is 38.6 Å². The van der Waals surface area contributed by atoms with E-state index in [1.807, 2.05) is 6.07 Å². The van der Waals surface area contributed by atoms with Crippen LogP contribution in [0.4, 0.5) is 0 Å². The molecule has 3 rings (SSSR count). The molecule has 0 saturated heterocycles. The molecule has 1 aromatic heterocycles. The van der Waals surface area contributed by atoms with Crippen molar-refractivity contribution in [3.8, 4) is 11.8 Å². The molecule has 0 atom stereocenters. The minimum Gasteiger partial charge on any atom is -0.484 e. The molecule has 0 aliphatic carbocycles. The summed E-state index contributed by atoms with van der Waals surface area (Å²) < 4.78 is 7.59. The average Bonchev–Trinajstić information content (AvgIpc) is 2.87. The van der Waals surface area contributed by atoms with E-state index in [-0.39, 0.29) is 12.5 Å². The highest BCUT2D eigenvalue weighted by molar-refractivity contribution is 5.77. The van der Waals surface area contributed by atoms with Crippen LogP contribution >= 0.6 is 0 Å². The fourth-order valence-corrected chi connectivity index (χ4v) is 2.87. The van der Waals surface area contributed by atoms with E-state index in [2.05, 4.69) is 20.1 Å². The molecule has 1 amide bonds. The molecular formula is C18H21N5O2. The number of ether oxygens (including phenoxy) is 1. The second kappa shape index (κ2) is 8.29. The zero-order chi connectivity index (χ0) is 17.5. The first-order chi connectivity index (χ1) is 12.3. The lowest BCUT2D eigenvalue weighted by Gasteiger charge is -2.09. The van der Waals surface area contributed by atoms with E-state index in [0.717, 1.165) is 31.0 Å². The van der Waals surface area contributed by atoms with Crippen LogP contribution in [-0.4, -0.2) is 33.8 Å². The number of nitriles is 1. The molecule has 0 fully saturated rings. The molecule has 25 heavy (non-hydrogen) atoms.